The highest BCUT2D eigenvalue weighted by Gasteiger charge is 2.16. The van der Waals surface area contributed by atoms with Gasteiger partial charge in [0.05, 0.1) is 20.6 Å². The number of carbonyl (C=O) groups excluding carboxylic acids is 1. The third kappa shape index (κ3) is 4.14. The molecule has 2 aromatic carbocycles. The van der Waals surface area contributed by atoms with Crippen LogP contribution in [0.3, 0.4) is 0 Å². The van der Waals surface area contributed by atoms with Crippen LogP contribution in [0.4, 0.5) is 14.9 Å². The molecule has 0 fully saturated rings. The summed E-state index contributed by atoms with van der Waals surface area (Å²) in [6.07, 6.45) is 0.173. The van der Waals surface area contributed by atoms with Crippen molar-refractivity contribution in [1.82, 2.24) is 9.78 Å². The molecule has 1 aromatic heterocycles. The van der Waals surface area contributed by atoms with Gasteiger partial charge in [-0.15, -0.1) is 9.78 Å². The number of hydrogen-bond acceptors (Lipinski definition) is 6. The topological polar surface area (TPSA) is 95.6 Å². The SMILES string of the molecule is COc1ccc(Cc2nn(C(=O)Nc3ccc(F)cc3)c(=O)o2)cc1OC. The van der Waals surface area contributed by atoms with Gasteiger partial charge in [0.2, 0.25) is 5.89 Å². The third-order valence-electron chi connectivity index (χ3n) is 3.68. The lowest BCUT2D eigenvalue weighted by molar-refractivity contribution is 0.249. The van der Waals surface area contributed by atoms with Gasteiger partial charge in [-0.05, 0) is 42.0 Å². The Morgan fingerprint density at radius 3 is 2.52 bits per heavy atom. The molecule has 0 radical (unpaired) electrons. The van der Waals surface area contributed by atoms with Gasteiger partial charge in [0.15, 0.2) is 11.5 Å². The molecule has 0 aliphatic heterocycles. The maximum absolute atomic E-state index is 12.9. The number of halogens is 1. The van der Waals surface area contributed by atoms with E-state index in [1.54, 1.807) is 18.2 Å². The lowest BCUT2D eigenvalue weighted by atomic mass is 10.1. The van der Waals surface area contributed by atoms with Crippen LogP contribution in [0.5, 0.6) is 11.5 Å². The zero-order valence-electron chi connectivity index (χ0n) is 14.6. The summed E-state index contributed by atoms with van der Waals surface area (Å²) in [6.45, 7) is 0. The Kier molecular flexibility index (Phi) is 5.20. The Morgan fingerprint density at radius 2 is 1.85 bits per heavy atom. The van der Waals surface area contributed by atoms with Crippen molar-refractivity contribution in [2.75, 3.05) is 19.5 Å². The minimum Gasteiger partial charge on any atom is -0.493 e. The van der Waals surface area contributed by atoms with Gasteiger partial charge in [0.25, 0.3) is 0 Å². The number of hydrogen-bond donors (Lipinski definition) is 1. The van der Waals surface area contributed by atoms with Gasteiger partial charge in [-0.25, -0.2) is 14.0 Å². The molecule has 0 spiro atoms. The van der Waals surface area contributed by atoms with Crippen LogP contribution in [0.1, 0.15) is 11.5 Å². The van der Waals surface area contributed by atoms with E-state index < -0.39 is 17.6 Å². The maximum atomic E-state index is 12.9. The van der Waals surface area contributed by atoms with Crippen LogP contribution in [0, 0.1) is 5.82 Å². The van der Waals surface area contributed by atoms with Gasteiger partial charge >= 0.3 is 11.8 Å². The van der Waals surface area contributed by atoms with Crippen LogP contribution < -0.4 is 20.5 Å². The van der Waals surface area contributed by atoms with Gasteiger partial charge in [0, 0.05) is 5.69 Å². The van der Waals surface area contributed by atoms with Crippen LogP contribution in [0.15, 0.2) is 51.7 Å². The average Bonchev–Trinajstić information content (AvgIpc) is 3.03. The Bertz CT molecular complexity index is 1010. The van der Waals surface area contributed by atoms with Crippen molar-refractivity contribution in [3.05, 3.63) is 70.3 Å². The van der Waals surface area contributed by atoms with Crippen molar-refractivity contribution >= 4 is 11.7 Å². The van der Waals surface area contributed by atoms with E-state index in [9.17, 15) is 14.0 Å². The summed E-state index contributed by atoms with van der Waals surface area (Å²) in [7, 11) is 3.04. The first-order valence-electron chi connectivity index (χ1n) is 7.87. The van der Waals surface area contributed by atoms with Crippen molar-refractivity contribution in [3.8, 4) is 11.5 Å². The standard InChI is InChI=1S/C18H16FN3O5/c1-25-14-8-3-11(9-15(14)26-2)10-16-21-22(18(24)27-16)17(23)20-13-6-4-12(19)5-7-13/h3-9H,10H2,1-2H3,(H,20,23). The predicted molar refractivity (Wildman–Crippen MR) is 93.9 cm³/mol. The molecule has 140 valence electrons. The van der Waals surface area contributed by atoms with E-state index in [4.69, 9.17) is 13.9 Å². The van der Waals surface area contributed by atoms with E-state index in [0.717, 1.165) is 5.56 Å². The third-order valence-corrected chi connectivity index (χ3v) is 3.68. The molecule has 1 N–H and O–H groups in total. The lowest BCUT2D eigenvalue weighted by Crippen LogP contribution is -2.29. The minimum absolute atomic E-state index is 0.0569. The summed E-state index contributed by atoms with van der Waals surface area (Å²) in [5.74, 6) is -0.229. The largest absolute Gasteiger partial charge is 0.493 e. The first-order valence-corrected chi connectivity index (χ1v) is 7.87. The number of rotatable bonds is 5. The van der Waals surface area contributed by atoms with Gasteiger partial charge in [-0.1, -0.05) is 6.07 Å². The van der Waals surface area contributed by atoms with Crippen LogP contribution in [0.25, 0.3) is 0 Å². The first kappa shape index (κ1) is 18.2. The summed E-state index contributed by atoms with van der Waals surface area (Å²) in [4.78, 5) is 24.1. The molecule has 3 aromatic rings. The quantitative estimate of drug-likeness (QED) is 0.739. The summed E-state index contributed by atoms with van der Waals surface area (Å²) in [5, 5.41) is 6.33. The van der Waals surface area contributed by atoms with Crippen molar-refractivity contribution in [1.29, 1.82) is 0 Å². The highest BCUT2D eigenvalue weighted by atomic mass is 19.1. The zero-order valence-corrected chi connectivity index (χ0v) is 14.6. The number of anilines is 1. The fourth-order valence-corrected chi connectivity index (χ4v) is 2.39. The van der Waals surface area contributed by atoms with E-state index >= 15 is 0 Å². The molecular weight excluding hydrogens is 357 g/mol. The van der Waals surface area contributed by atoms with Crippen LogP contribution in [-0.4, -0.2) is 30.0 Å². The van der Waals surface area contributed by atoms with Crippen molar-refractivity contribution in [3.63, 3.8) is 0 Å². The number of aromatic nitrogens is 2. The van der Waals surface area contributed by atoms with E-state index in [0.29, 0.717) is 21.9 Å². The monoisotopic (exact) mass is 373 g/mol. The molecule has 1 heterocycles. The lowest BCUT2D eigenvalue weighted by Gasteiger charge is -2.08. The smallest absolute Gasteiger partial charge is 0.446 e. The van der Waals surface area contributed by atoms with Gasteiger partial charge < -0.3 is 19.2 Å². The number of benzene rings is 2. The Hall–Kier alpha value is -3.62. The minimum atomic E-state index is -0.926. The Morgan fingerprint density at radius 1 is 1.15 bits per heavy atom. The molecular formula is C18H16FN3O5. The summed E-state index contributed by atoms with van der Waals surface area (Å²) in [5.41, 5.74) is 1.07. The maximum Gasteiger partial charge on any atom is 0.446 e. The fraction of sp³-hybridized carbons (Fsp3) is 0.167. The molecule has 0 saturated heterocycles. The normalized spacial score (nSPS) is 10.5. The molecule has 0 aliphatic rings. The summed E-state index contributed by atoms with van der Waals surface area (Å²) in [6, 6.07) is 9.48. The number of methoxy groups -OCH3 is 2. The van der Waals surface area contributed by atoms with Gasteiger partial charge in [-0.3, -0.25) is 0 Å². The summed E-state index contributed by atoms with van der Waals surface area (Å²) >= 11 is 0. The van der Waals surface area contributed by atoms with Crippen LogP contribution in [-0.2, 0) is 6.42 Å². The molecule has 0 aliphatic carbocycles. The van der Waals surface area contributed by atoms with E-state index in [2.05, 4.69) is 10.4 Å². The average molecular weight is 373 g/mol. The van der Waals surface area contributed by atoms with Crippen molar-refractivity contribution in [2.24, 2.45) is 0 Å². The first-order chi connectivity index (χ1) is 13.0. The molecule has 0 atom stereocenters. The van der Waals surface area contributed by atoms with E-state index in [1.165, 1.54) is 38.5 Å². The van der Waals surface area contributed by atoms with Gasteiger partial charge in [-0.2, -0.15) is 0 Å². The molecule has 0 unspecified atom stereocenters. The van der Waals surface area contributed by atoms with Crippen LogP contribution in [0.2, 0.25) is 0 Å². The number of amides is 1. The van der Waals surface area contributed by atoms with Crippen molar-refractivity contribution < 1.29 is 23.1 Å². The Balaban J connectivity index is 1.77. The highest BCUT2D eigenvalue weighted by Crippen LogP contribution is 2.28. The Labute approximate surface area is 153 Å². The zero-order chi connectivity index (χ0) is 19.4. The number of ether oxygens (including phenoxy) is 2. The highest BCUT2D eigenvalue weighted by molar-refractivity contribution is 5.90. The fourth-order valence-electron chi connectivity index (χ4n) is 2.39. The van der Waals surface area contributed by atoms with Crippen LogP contribution >= 0.6 is 0 Å². The molecule has 27 heavy (non-hydrogen) atoms. The summed E-state index contributed by atoms with van der Waals surface area (Å²) < 4.78 is 28.9. The molecule has 8 nitrogen and oxygen atoms in total. The molecule has 0 bridgehead atoms. The number of nitrogens with one attached hydrogen (secondary N) is 1. The number of carbonyl (C=O) groups is 1. The molecule has 9 heteroatoms. The second-order valence-corrected chi connectivity index (χ2v) is 5.48. The second-order valence-electron chi connectivity index (χ2n) is 5.48. The molecule has 1 amide bonds. The second kappa shape index (κ2) is 7.73. The van der Waals surface area contributed by atoms with Crippen molar-refractivity contribution in [2.45, 2.75) is 6.42 Å². The molecule has 0 saturated carbocycles. The number of nitrogens with zero attached hydrogens (tertiary/aromatic N) is 2. The predicted octanol–water partition coefficient (Wildman–Crippen LogP) is 2.66. The molecule has 3 rings (SSSR count). The van der Waals surface area contributed by atoms with Gasteiger partial charge in [0.1, 0.15) is 5.82 Å². The van der Waals surface area contributed by atoms with E-state index in [1.807, 2.05) is 0 Å². The van der Waals surface area contributed by atoms with E-state index in [-0.39, 0.29) is 12.3 Å².